The van der Waals surface area contributed by atoms with E-state index < -0.39 is 11.6 Å². The third-order valence-electron chi connectivity index (χ3n) is 3.18. The summed E-state index contributed by atoms with van der Waals surface area (Å²) in [5, 5.41) is 13.2. The molecular formula is C11H21NO3. The first kappa shape index (κ1) is 12.5. The van der Waals surface area contributed by atoms with E-state index in [1.807, 2.05) is 0 Å². The Morgan fingerprint density at radius 1 is 1.53 bits per heavy atom. The lowest BCUT2D eigenvalue weighted by Gasteiger charge is -2.41. The van der Waals surface area contributed by atoms with Crippen LogP contribution in [0.5, 0.6) is 0 Å². The number of carbonyl (C=O) groups excluding carboxylic acids is 1. The van der Waals surface area contributed by atoms with E-state index in [1.165, 1.54) is 7.11 Å². The average molecular weight is 215 g/mol. The summed E-state index contributed by atoms with van der Waals surface area (Å²) in [6.07, 6.45) is 0.468. The van der Waals surface area contributed by atoms with Gasteiger partial charge in [0, 0.05) is 6.54 Å². The van der Waals surface area contributed by atoms with Crippen molar-refractivity contribution in [3.63, 3.8) is 0 Å². The average Bonchev–Trinajstić information content (AvgIpc) is 2.15. The van der Waals surface area contributed by atoms with Gasteiger partial charge in [0.1, 0.15) is 0 Å². The van der Waals surface area contributed by atoms with Crippen molar-refractivity contribution in [2.45, 2.75) is 32.8 Å². The Morgan fingerprint density at radius 3 is 2.60 bits per heavy atom. The first-order valence-electron chi connectivity index (χ1n) is 5.31. The van der Waals surface area contributed by atoms with Crippen LogP contribution < -0.4 is 5.32 Å². The Hall–Kier alpha value is -0.610. The van der Waals surface area contributed by atoms with Crippen molar-refractivity contribution in [1.82, 2.24) is 5.32 Å². The molecule has 0 spiro atoms. The van der Waals surface area contributed by atoms with Gasteiger partial charge in [-0.15, -0.1) is 0 Å². The number of esters is 1. The van der Waals surface area contributed by atoms with Gasteiger partial charge in [-0.2, -0.15) is 0 Å². The molecule has 2 unspecified atom stereocenters. The molecule has 0 saturated carbocycles. The van der Waals surface area contributed by atoms with Crippen molar-refractivity contribution in [2.75, 3.05) is 20.2 Å². The van der Waals surface area contributed by atoms with Crippen LogP contribution in [-0.2, 0) is 9.53 Å². The highest BCUT2D eigenvalue weighted by atomic mass is 16.5. The summed E-state index contributed by atoms with van der Waals surface area (Å²) < 4.78 is 4.62. The van der Waals surface area contributed by atoms with Gasteiger partial charge >= 0.3 is 5.97 Å². The minimum Gasteiger partial charge on any atom is -0.467 e. The molecule has 2 N–H and O–H groups in total. The monoisotopic (exact) mass is 215 g/mol. The van der Waals surface area contributed by atoms with Crippen LogP contribution in [0.1, 0.15) is 27.2 Å². The summed E-state index contributed by atoms with van der Waals surface area (Å²) >= 11 is 0. The molecule has 0 amide bonds. The number of β-amino-alcohol motifs (C(OH)–C–C–N with tert-alkyl or cyclic N) is 1. The van der Waals surface area contributed by atoms with Gasteiger partial charge in [0.15, 0.2) is 5.60 Å². The van der Waals surface area contributed by atoms with E-state index in [0.29, 0.717) is 6.42 Å². The van der Waals surface area contributed by atoms with Crippen molar-refractivity contribution in [3.8, 4) is 0 Å². The molecule has 0 aromatic carbocycles. The Morgan fingerprint density at radius 2 is 2.13 bits per heavy atom. The molecule has 0 radical (unpaired) electrons. The fourth-order valence-corrected chi connectivity index (χ4v) is 1.96. The molecule has 4 heteroatoms. The van der Waals surface area contributed by atoms with E-state index in [1.54, 1.807) is 0 Å². The van der Waals surface area contributed by atoms with Gasteiger partial charge in [-0.1, -0.05) is 20.8 Å². The van der Waals surface area contributed by atoms with Gasteiger partial charge in [-0.05, 0) is 24.3 Å². The summed E-state index contributed by atoms with van der Waals surface area (Å²) in [5.74, 6) is -0.265. The Bertz CT molecular complexity index is 247. The number of ether oxygens (including phenoxy) is 1. The second-order valence-electron chi connectivity index (χ2n) is 5.42. The molecule has 1 aliphatic rings. The molecule has 0 aliphatic carbocycles. The summed E-state index contributed by atoms with van der Waals surface area (Å²) in [4.78, 5) is 11.4. The molecule has 0 bridgehead atoms. The summed E-state index contributed by atoms with van der Waals surface area (Å²) in [5.41, 5.74) is -1.28. The fourth-order valence-electron chi connectivity index (χ4n) is 1.96. The van der Waals surface area contributed by atoms with Crippen molar-refractivity contribution < 1.29 is 14.6 Å². The molecule has 1 aliphatic heterocycles. The number of hydrogen-bond donors (Lipinski definition) is 2. The molecule has 4 nitrogen and oxygen atoms in total. The third-order valence-corrected chi connectivity index (χ3v) is 3.18. The Balaban J connectivity index is 2.75. The zero-order valence-corrected chi connectivity index (χ0v) is 9.96. The van der Waals surface area contributed by atoms with Gasteiger partial charge in [0.05, 0.1) is 7.11 Å². The van der Waals surface area contributed by atoms with Crippen LogP contribution in [0, 0.1) is 11.3 Å². The lowest BCUT2D eigenvalue weighted by molar-refractivity contribution is -0.167. The second-order valence-corrected chi connectivity index (χ2v) is 5.42. The first-order chi connectivity index (χ1) is 6.79. The largest absolute Gasteiger partial charge is 0.467 e. The molecule has 15 heavy (non-hydrogen) atoms. The zero-order chi connectivity index (χ0) is 11.7. The van der Waals surface area contributed by atoms with E-state index in [4.69, 9.17) is 0 Å². The fraction of sp³-hybridized carbons (Fsp3) is 0.909. The van der Waals surface area contributed by atoms with E-state index in [-0.39, 0.29) is 17.9 Å². The number of rotatable bonds is 1. The number of piperidine rings is 1. The lowest BCUT2D eigenvalue weighted by atomic mass is 9.72. The van der Waals surface area contributed by atoms with Crippen LogP contribution in [0.4, 0.5) is 0 Å². The smallest absolute Gasteiger partial charge is 0.339 e. The molecule has 0 aromatic rings. The Labute approximate surface area is 91.0 Å². The molecular weight excluding hydrogens is 194 g/mol. The topological polar surface area (TPSA) is 58.6 Å². The zero-order valence-electron chi connectivity index (χ0n) is 9.96. The lowest BCUT2D eigenvalue weighted by Crippen LogP contribution is -2.56. The van der Waals surface area contributed by atoms with Gasteiger partial charge in [0.25, 0.3) is 0 Å². The molecule has 1 heterocycles. The number of nitrogens with one attached hydrogen (secondary N) is 1. The number of carbonyl (C=O) groups is 1. The Kier molecular flexibility index (Phi) is 3.41. The van der Waals surface area contributed by atoms with Crippen molar-refractivity contribution >= 4 is 5.97 Å². The summed E-state index contributed by atoms with van der Waals surface area (Å²) in [7, 11) is 1.31. The van der Waals surface area contributed by atoms with E-state index in [0.717, 1.165) is 6.54 Å². The van der Waals surface area contributed by atoms with Gasteiger partial charge < -0.3 is 15.2 Å². The van der Waals surface area contributed by atoms with Crippen LogP contribution >= 0.6 is 0 Å². The molecule has 1 saturated heterocycles. The maximum atomic E-state index is 11.4. The van der Waals surface area contributed by atoms with Crippen molar-refractivity contribution in [3.05, 3.63) is 0 Å². The predicted octanol–water partition coefficient (Wildman–Crippen LogP) is 0.546. The van der Waals surface area contributed by atoms with E-state index >= 15 is 0 Å². The highest BCUT2D eigenvalue weighted by Crippen LogP contribution is 2.34. The maximum Gasteiger partial charge on any atom is 0.339 e. The number of aliphatic hydroxyl groups is 1. The van der Waals surface area contributed by atoms with Crippen LogP contribution in [0.15, 0.2) is 0 Å². The van der Waals surface area contributed by atoms with Crippen LogP contribution in [-0.4, -0.2) is 36.9 Å². The first-order valence-corrected chi connectivity index (χ1v) is 5.31. The molecule has 1 fully saturated rings. The van der Waals surface area contributed by atoms with Crippen LogP contribution in [0.25, 0.3) is 0 Å². The predicted molar refractivity (Wildman–Crippen MR) is 57.4 cm³/mol. The van der Waals surface area contributed by atoms with Gasteiger partial charge in [0.2, 0.25) is 0 Å². The summed E-state index contributed by atoms with van der Waals surface area (Å²) in [6, 6.07) is 0. The normalized spacial score (nSPS) is 32.5. The van der Waals surface area contributed by atoms with Gasteiger partial charge in [-0.25, -0.2) is 4.79 Å². The van der Waals surface area contributed by atoms with Crippen LogP contribution in [0.3, 0.4) is 0 Å². The van der Waals surface area contributed by atoms with E-state index in [2.05, 4.69) is 30.8 Å². The third kappa shape index (κ3) is 2.69. The summed E-state index contributed by atoms with van der Waals surface area (Å²) in [6.45, 7) is 7.46. The molecule has 0 aromatic heterocycles. The SMILES string of the molecule is COC(=O)C1(O)CNCC(C(C)(C)C)C1. The maximum absolute atomic E-state index is 11.4. The minimum absolute atomic E-state index is 0.0788. The minimum atomic E-state index is -1.36. The molecule has 2 atom stereocenters. The van der Waals surface area contributed by atoms with Crippen LogP contribution in [0.2, 0.25) is 0 Å². The van der Waals surface area contributed by atoms with Gasteiger partial charge in [-0.3, -0.25) is 0 Å². The highest BCUT2D eigenvalue weighted by molar-refractivity contribution is 5.79. The number of methoxy groups -OCH3 is 1. The molecule has 88 valence electrons. The van der Waals surface area contributed by atoms with Crippen molar-refractivity contribution in [1.29, 1.82) is 0 Å². The quantitative estimate of drug-likeness (QED) is 0.627. The second kappa shape index (κ2) is 4.10. The van der Waals surface area contributed by atoms with Crippen molar-refractivity contribution in [2.24, 2.45) is 11.3 Å². The standard InChI is InChI=1S/C11H21NO3/c1-10(2,3)8-5-11(14,7-12-6-8)9(13)15-4/h8,12,14H,5-7H2,1-4H3. The highest BCUT2D eigenvalue weighted by Gasteiger charge is 2.44. The molecule has 1 rings (SSSR count). The number of hydrogen-bond acceptors (Lipinski definition) is 4. The van der Waals surface area contributed by atoms with E-state index in [9.17, 15) is 9.90 Å².